The number of hydrogen-bond acceptors (Lipinski definition) is 5. The number of sulfonamides is 1. The van der Waals surface area contributed by atoms with Crippen molar-refractivity contribution in [3.05, 3.63) is 78.1 Å². The Labute approximate surface area is 191 Å². The number of halogens is 1. The van der Waals surface area contributed by atoms with Crippen LogP contribution in [-0.4, -0.2) is 40.6 Å². The summed E-state index contributed by atoms with van der Waals surface area (Å²) >= 11 is 0. The van der Waals surface area contributed by atoms with E-state index in [-0.39, 0.29) is 10.6 Å². The van der Waals surface area contributed by atoms with Gasteiger partial charge in [0, 0.05) is 18.3 Å². The summed E-state index contributed by atoms with van der Waals surface area (Å²) in [6.07, 6.45) is 0.691. The van der Waals surface area contributed by atoms with Crippen molar-refractivity contribution in [1.82, 2.24) is 0 Å². The first-order chi connectivity index (χ1) is 15.9. The number of para-hydroxylation sites is 1. The highest BCUT2D eigenvalue weighted by Gasteiger charge is 2.32. The molecule has 2 aliphatic rings. The van der Waals surface area contributed by atoms with E-state index in [0.717, 1.165) is 21.6 Å². The van der Waals surface area contributed by atoms with E-state index < -0.39 is 28.3 Å². The number of benzene rings is 3. The Morgan fingerprint density at radius 2 is 1.76 bits per heavy atom. The van der Waals surface area contributed by atoms with Gasteiger partial charge in [-0.2, -0.15) is 0 Å². The van der Waals surface area contributed by atoms with Crippen LogP contribution in [0.1, 0.15) is 5.56 Å². The summed E-state index contributed by atoms with van der Waals surface area (Å²) in [6.45, 7) is 0.658. The Balaban J connectivity index is 1.52. The van der Waals surface area contributed by atoms with Crippen LogP contribution in [0.4, 0.5) is 15.8 Å². The molecule has 2 heterocycles. The fourth-order valence-corrected chi connectivity index (χ4v) is 5.49. The molecule has 0 saturated heterocycles. The van der Waals surface area contributed by atoms with Crippen molar-refractivity contribution in [3.8, 4) is 11.5 Å². The van der Waals surface area contributed by atoms with Crippen LogP contribution in [0.2, 0.25) is 0 Å². The minimum atomic E-state index is -4.22. The molecular weight excluding hydrogens is 447 g/mol. The van der Waals surface area contributed by atoms with E-state index in [2.05, 4.69) is 0 Å². The van der Waals surface area contributed by atoms with Gasteiger partial charge in [-0.3, -0.25) is 9.10 Å². The van der Waals surface area contributed by atoms with Crippen molar-refractivity contribution in [2.24, 2.45) is 0 Å². The maximum atomic E-state index is 14.0. The summed E-state index contributed by atoms with van der Waals surface area (Å²) in [7, 11) is -4.22. The quantitative estimate of drug-likeness (QED) is 0.574. The molecule has 0 fully saturated rings. The Bertz CT molecular complexity index is 1330. The zero-order valence-corrected chi connectivity index (χ0v) is 18.4. The molecule has 0 aliphatic carbocycles. The lowest BCUT2D eigenvalue weighted by Crippen LogP contribution is -2.42. The summed E-state index contributed by atoms with van der Waals surface area (Å²) in [5, 5.41) is 0. The molecule has 0 radical (unpaired) electrons. The molecule has 7 nitrogen and oxygen atoms in total. The lowest BCUT2D eigenvalue weighted by atomic mass is 10.2. The normalized spacial score (nSPS) is 14.6. The topological polar surface area (TPSA) is 76.2 Å². The number of hydrogen-bond donors (Lipinski definition) is 0. The van der Waals surface area contributed by atoms with Crippen molar-refractivity contribution in [1.29, 1.82) is 0 Å². The van der Waals surface area contributed by atoms with Gasteiger partial charge in [0.15, 0.2) is 11.5 Å². The summed E-state index contributed by atoms with van der Waals surface area (Å²) in [5.74, 6) is -0.247. The minimum Gasteiger partial charge on any atom is -0.486 e. The molecule has 0 spiro atoms. The number of carbonyl (C=O) groups is 1. The number of ether oxygens (including phenoxy) is 2. The van der Waals surface area contributed by atoms with Gasteiger partial charge < -0.3 is 14.4 Å². The molecule has 3 aromatic carbocycles. The third-order valence-electron chi connectivity index (χ3n) is 5.66. The van der Waals surface area contributed by atoms with Gasteiger partial charge in [0.2, 0.25) is 5.91 Å². The van der Waals surface area contributed by atoms with Crippen LogP contribution in [0.25, 0.3) is 0 Å². The molecule has 170 valence electrons. The van der Waals surface area contributed by atoms with Gasteiger partial charge in [0.1, 0.15) is 25.6 Å². The molecule has 3 aromatic rings. The van der Waals surface area contributed by atoms with Crippen molar-refractivity contribution < 1.29 is 27.1 Å². The fraction of sp³-hybridized carbons (Fsp3) is 0.208. The molecular formula is C24H21FN2O5S. The van der Waals surface area contributed by atoms with Crippen molar-refractivity contribution in [2.45, 2.75) is 11.3 Å². The van der Waals surface area contributed by atoms with Gasteiger partial charge in [-0.25, -0.2) is 12.8 Å². The van der Waals surface area contributed by atoms with Crippen LogP contribution < -0.4 is 18.7 Å². The monoisotopic (exact) mass is 468 g/mol. The molecule has 0 atom stereocenters. The summed E-state index contributed by atoms with van der Waals surface area (Å²) in [5.41, 5.74) is 1.85. The zero-order chi connectivity index (χ0) is 23.0. The highest BCUT2D eigenvalue weighted by molar-refractivity contribution is 7.92. The standard InChI is InChI=1S/C24H21FN2O5S/c25-18-5-3-6-19(14-18)27(16-24(28)26-11-10-17-4-1-2-7-21(17)26)33(29,30)20-8-9-22-23(15-20)32-13-12-31-22/h1-9,14-15H,10-13,16H2. The maximum Gasteiger partial charge on any atom is 0.264 e. The van der Waals surface area contributed by atoms with Crippen LogP contribution in [0.15, 0.2) is 71.6 Å². The van der Waals surface area contributed by atoms with Gasteiger partial charge in [-0.15, -0.1) is 0 Å². The summed E-state index contributed by atoms with van der Waals surface area (Å²) in [4.78, 5) is 14.8. The number of carbonyl (C=O) groups excluding carboxylic acids is 1. The van der Waals surface area contributed by atoms with E-state index in [1.807, 2.05) is 24.3 Å². The number of rotatable bonds is 5. The first-order valence-electron chi connectivity index (χ1n) is 10.5. The van der Waals surface area contributed by atoms with Gasteiger partial charge in [0.25, 0.3) is 10.0 Å². The van der Waals surface area contributed by atoms with E-state index in [4.69, 9.17) is 9.47 Å². The molecule has 9 heteroatoms. The van der Waals surface area contributed by atoms with Gasteiger partial charge in [-0.05, 0) is 48.4 Å². The van der Waals surface area contributed by atoms with Gasteiger partial charge in [0.05, 0.1) is 10.6 Å². The Morgan fingerprint density at radius 3 is 2.58 bits per heavy atom. The van der Waals surface area contributed by atoms with Gasteiger partial charge >= 0.3 is 0 Å². The summed E-state index contributed by atoms with van der Waals surface area (Å²) in [6, 6.07) is 17.0. The first kappa shape index (κ1) is 21.3. The van der Waals surface area contributed by atoms with E-state index in [0.29, 0.717) is 37.7 Å². The predicted molar refractivity (Wildman–Crippen MR) is 121 cm³/mol. The van der Waals surface area contributed by atoms with Crippen LogP contribution in [0.5, 0.6) is 11.5 Å². The van der Waals surface area contributed by atoms with E-state index in [1.165, 1.54) is 36.4 Å². The molecule has 33 heavy (non-hydrogen) atoms. The Hall–Kier alpha value is -3.59. The summed E-state index contributed by atoms with van der Waals surface area (Å²) < 4.78 is 53.3. The average molecular weight is 469 g/mol. The number of fused-ring (bicyclic) bond motifs is 2. The smallest absolute Gasteiger partial charge is 0.264 e. The molecule has 2 aliphatic heterocycles. The van der Waals surface area contributed by atoms with E-state index in [9.17, 15) is 17.6 Å². The van der Waals surface area contributed by atoms with Gasteiger partial charge in [-0.1, -0.05) is 24.3 Å². The van der Waals surface area contributed by atoms with Crippen LogP contribution in [-0.2, 0) is 21.2 Å². The molecule has 0 unspecified atom stereocenters. The number of anilines is 2. The van der Waals surface area contributed by atoms with E-state index >= 15 is 0 Å². The lowest BCUT2D eigenvalue weighted by molar-refractivity contribution is -0.117. The molecule has 0 saturated carbocycles. The van der Waals surface area contributed by atoms with Crippen LogP contribution in [0.3, 0.4) is 0 Å². The molecule has 1 amide bonds. The second-order valence-electron chi connectivity index (χ2n) is 7.72. The van der Waals surface area contributed by atoms with Crippen molar-refractivity contribution in [2.75, 3.05) is 35.5 Å². The lowest BCUT2D eigenvalue weighted by Gasteiger charge is -2.27. The second-order valence-corrected chi connectivity index (χ2v) is 9.58. The van der Waals surface area contributed by atoms with E-state index in [1.54, 1.807) is 4.90 Å². The second kappa shape index (κ2) is 8.40. The molecule has 5 rings (SSSR count). The molecule has 0 N–H and O–H groups in total. The van der Waals surface area contributed by atoms with Crippen LogP contribution >= 0.6 is 0 Å². The highest BCUT2D eigenvalue weighted by Crippen LogP contribution is 2.35. The number of nitrogens with zero attached hydrogens (tertiary/aromatic N) is 2. The fourth-order valence-electron chi connectivity index (χ4n) is 4.06. The Kier molecular flexibility index (Phi) is 5.41. The SMILES string of the molecule is O=C(CN(c1cccc(F)c1)S(=O)(=O)c1ccc2c(c1)OCCO2)N1CCc2ccccc21. The maximum absolute atomic E-state index is 14.0. The third-order valence-corrected chi connectivity index (χ3v) is 7.43. The van der Waals surface area contributed by atoms with Crippen molar-refractivity contribution >= 4 is 27.3 Å². The van der Waals surface area contributed by atoms with Crippen LogP contribution in [0, 0.1) is 5.82 Å². The largest absolute Gasteiger partial charge is 0.486 e. The Morgan fingerprint density at radius 1 is 0.970 bits per heavy atom. The average Bonchev–Trinajstić information content (AvgIpc) is 3.26. The highest BCUT2D eigenvalue weighted by atomic mass is 32.2. The molecule has 0 aromatic heterocycles. The zero-order valence-electron chi connectivity index (χ0n) is 17.6. The molecule has 0 bridgehead atoms. The van der Waals surface area contributed by atoms with Crippen molar-refractivity contribution in [3.63, 3.8) is 0 Å². The minimum absolute atomic E-state index is 0.0609. The third kappa shape index (κ3) is 4.00. The predicted octanol–water partition coefficient (Wildman–Crippen LogP) is 3.38. The first-order valence-corrected chi connectivity index (χ1v) is 11.9. The number of amides is 1.